The molecule has 0 N–H and O–H groups in total. The predicted octanol–water partition coefficient (Wildman–Crippen LogP) is 3.38. The molecule has 0 heterocycles. The molecule has 0 aromatic heterocycles. The van der Waals surface area contributed by atoms with Crippen LogP contribution < -0.4 is 0 Å². The zero-order valence-electron chi connectivity index (χ0n) is 8.37. The highest BCUT2D eigenvalue weighted by Gasteiger charge is 2.36. The topological polar surface area (TPSA) is 43.4 Å². The molecule has 0 aliphatic heterocycles. The fraction of sp³-hybridized carbons (Fsp3) is 0.714. The summed E-state index contributed by atoms with van der Waals surface area (Å²) in [4.78, 5) is 20.4. The van der Waals surface area contributed by atoms with Gasteiger partial charge in [0.1, 0.15) is 12.8 Å². The van der Waals surface area contributed by atoms with Crippen LogP contribution in [-0.4, -0.2) is 29.6 Å². The fourth-order valence-corrected chi connectivity index (χ4v) is 0.526. The summed E-state index contributed by atoms with van der Waals surface area (Å²) < 4.78 is 72.0. The first-order valence-electron chi connectivity index (χ1n) is 3.90. The summed E-state index contributed by atoms with van der Waals surface area (Å²) in [7, 11) is 0. The van der Waals surface area contributed by atoms with Crippen LogP contribution in [-0.2, 0) is 14.3 Å². The normalized spacial score (nSPS) is 11.3. The Hall–Kier alpha value is -0.700. The summed E-state index contributed by atoms with van der Waals surface area (Å²) in [5.74, 6) is -4.12. The summed E-state index contributed by atoms with van der Waals surface area (Å²) in [6, 6.07) is 0. The highest BCUT2D eigenvalue weighted by Crippen LogP contribution is 2.22. The second kappa shape index (κ2) is 8.41. The largest absolute Gasteiger partial charge is 0.399 e. The highest BCUT2D eigenvalue weighted by atomic mass is 35.5. The number of alkyl halides is 8. The van der Waals surface area contributed by atoms with Crippen LogP contribution in [0.15, 0.2) is 0 Å². The lowest BCUT2D eigenvalue weighted by Crippen LogP contribution is -2.23. The van der Waals surface area contributed by atoms with E-state index in [1.165, 1.54) is 0 Å². The van der Waals surface area contributed by atoms with Gasteiger partial charge in [-0.15, -0.1) is 23.2 Å². The van der Waals surface area contributed by atoms with Crippen LogP contribution >= 0.6 is 23.2 Å². The van der Waals surface area contributed by atoms with Gasteiger partial charge in [-0.3, -0.25) is 9.59 Å². The van der Waals surface area contributed by atoms with Crippen LogP contribution in [0.5, 0.6) is 0 Å². The molecular weight excluding hydrogens is 317 g/mol. The Kier molecular flexibility index (Phi) is 9.17. The van der Waals surface area contributed by atoms with Crippen molar-refractivity contribution in [2.75, 3.05) is 5.34 Å². The van der Waals surface area contributed by atoms with Gasteiger partial charge in [-0.1, -0.05) is 0 Å². The number of esters is 2. The Bertz CT molecular complexity index is 249. The van der Waals surface area contributed by atoms with Gasteiger partial charge < -0.3 is 4.74 Å². The Balaban J connectivity index is 0. The number of carbonyl (C=O) groups excluding carboxylic acids is 2. The van der Waals surface area contributed by atoms with Crippen molar-refractivity contribution in [2.24, 2.45) is 0 Å². The van der Waals surface area contributed by atoms with Crippen molar-refractivity contribution in [1.29, 1.82) is 0 Å². The molecule has 0 rings (SSSR count). The molecule has 11 heteroatoms. The standard InChI is InChI=1S/C6H4F6O3.CH2Cl2/c7-5(8,9)1-3(13)15-4(14)2-6(10,11)12;2-1-3/h1-2H2;1H2. The molecule has 0 aromatic rings. The number of rotatable bonds is 2. The van der Waals surface area contributed by atoms with Crippen LogP contribution in [0, 0.1) is 0 Å². The maximum Gasteiger partial charge on any atom is 0.399 e. The van der Waals surface area contributed by atoms with Gasteiger partial charge in [-0.25, -0.2) is 0 Å². The van der Waals surface area contributed by atoms with Crippen molar-refractivity contribution in [2.45, 2.75) is 25.2 Å². The van der Waals surface area contributed by atoms with Gasteiger partial charge in [-0.2, -0.15) is 26.3 Å². The van der Waals surface area contributed by atoms with Gasteiger partial charge in [0.2, 0.25) is 0 Å². The third kappa shape index (κ3) is 17.7. The second-order valence-electron chi connectivity index (χ2n) is 2.53. The van der Waals surface area contributed by atoms with E-state index in [0.29, 0.717) is 0 Å². The van der Waals surface area contributed by atoms with Gasteiger partial charge in [0.15, 0.2) is 0 Å². The average Bonchev–Trinajstić information content (AvgIpc) is 1.95. The van der Waals surface area contributed by atoms with E-state index in [9.17, 15) is 35.9 Å². The van der Waals surface area contributed by atoms with E-state index in [1.807, 2.05) is 0 Å². The quantitative estimate of drug-likeness (QED) is 0.339. The van der Waals surface area contributed by atoms with Crippen LogP contribution in [0.2, 0.25) is 0 Å². The minimum Gasteiger partial charge on any atom is -0.393 e. The van der Waals surface area contributed by atoms with E-state index in [0.717, 1.165) is 0 Å². The lowest BCUT2D eigenvalue weighted by Gasteiger charge is -2.07. The van der Waals surface area contributed by atoms with Gasteiger partial charge in [0.05, 0.1) is 5.34 Å². The second-order valence-corrected chi connectivity index (χ2v) is 3.34. The Morgan fingerprint density at radius 2 is 1.06 bits per heavy atom. The fourth-order valence-electron chi connectivity index (χ4n) is 0.526. The Morgan fingerprint density at radius 1 is 0.833 bits per heavy atom. The molecule has 0 aromatic carbocycles. The molecule has 0 saturated heterocycles. The maximum atomic E-state index is 11.5. The van der Waals surface area contributed by atoms with E-state index >= 15 is 0 Å². The third-order valence-corrected chi connectivity index (χ3v) is 0.917. The molecule has 0 unspecified atom stereocenters. The first kappa shape index (κ1) is 19.6. The molecule has 0 atom stereocenters. The summed E-state index contributed by atoms with van der Waals surface area (Å²) >= 11 is 9.53. The van der Waals surface area contributed by atoms with Gasteiger partial charge >= 0.3 is 24.3 Å². The maximum absolute atomic E-state index is 11.5. The highest BCUT2D eigenvalue weighted by molar-refractivity contribution is 6.40. The van der Waals surface area contributed by atoms with Crippen molar-refractivity contribution in [3.05, 3.63) is 0 Å². The summed E-state index contributed by atoms with van der Waals surface area (Å²) in [5, 5.41) is 0.194. The number of hydrogen-bond acceptors (Lipinski definition) is 3. The van der Waals surface area contributed by atoms with E-state index in [1.54, 1.807) is 0 Å². The average molecular weight is 323 g/mol. The SMILES string of the molecule is ClCCl.O=C(CC(F)(F)F)OC(=O)CC(F)(F)F. The Labute approximate surface area is 107 Å². The van der Waals surface area contributed by atoms with E-state index < -0.39 is 37.1 Å². The summed E-state index contributed by atoms with van der Waals surface area (Å²) in [6.07, 6.45) is -14.0. The minimum absolute atomic E-state index is 0.194. The lowest BCUT2D eigenvalue weighted by atomic mass is 10.4. The van der Waals surface area contributed by atoms with Crippen molar-refractivity contribution in [3.63, 3.8) is 0 Å². The van der Waals surface area contributed by atoms with E-state index in [-0.39, 0.29) is 5.34 Å². The smallest absolute Gasteiger partial charge is 0.393 e. The molecule has 0 bridgehead atoms. The zero-order valence-corrected chi connectivity index (χ0v) is 9.88. The van der Waals surface area contributed by atoms with Crippen molar-refractivity contribution >= 4 is 35.1 Å². The van der Waals surface area contributed by atoms with Crippen LogP contribution in [0.4, 0.5) is 26.3 Å². The van der Waals surface area contributed by atoms with E-state index in [4.69, 9.17) is 23.2 Å². The molecule has 0 aliphatic rings. The first-order chi connectivity index (χ1) is 7.91. The molecule has 0 radical (unpaired) electrons. The van der Waals surface area contributed by atoms with Crippen molar-refractivity contribution in [1.82, 2.24) is 0 Å². The molecule has 18 heavy (non-hydrogen) atoms. The number of halogens is 8. The van der Waals surface area contributed by atoms with Crippen LogP contribution in [0.3, 0.4) is 0 Å². The van der Waals surface area contributed by atoms with Gasteiger partial charge in [0, 0.05) is 0 Å². The third-order valence-electron chi connectivity index (χ3n) is 0.917. The molecule has 0 aliphatic carbocycles. The summed E-state index contributed by atoms with van der Waals surface area (Å²) in [6.45, 7) is 0. The van der Waals surface area contributed by atoms with Gasteiger partial charge in [-0.05, 0) is 0 Å². The molecule has 0 saturated carbocycles. The first-order valence-corrected chi connectivity index (χ1v) is 4.97. The van der Waals surface area contributed by atoms with E-state index in [2.05, 4.69) is 4.74 Å². The van der Waals surface area contributed by atoms with Crippen molar-refractivity contribution in [3.8, 4) is 0 Å². The number of carbonyl (C=O) groups is 2. The monoisotopic (exact) mass is 322 g/mol. The molecule has 0 fully saturated rings. The predicted molar refractivity (Wildman–Crippen MR) is 49.0 cm³/mol. The van der Waals surface area contributed by atoms with Crippen LogP contribution in [0.1, 0.15) is 12.8 Å². The lowest BCUT2D eigenvalue weighted by molar-refractivity contribution is -0.184. The number of hydrogen-bond donors (Lipinski definition) is 0. The zero-order chi connectivity index (χ0) is 15.0. The molecule has 108 valence electrons. The van der Waals surface area contributed by atoms with Crippen molar-refractivity contribution < 1.29 is 40.7 Å². The molecule has 0 spiro atoms. The number of ether oxygens (including phenoxy) is 1. The molecular formula is C7H6Cl2F6O3. The minimum atomic E-state index is -4.92. The molecule has 3 nitrogen and oxygen atoms in total. The Morgan fingerprint density at radius 3 is 1.22 bits per heavy atom. The molecule has 0 amide bonds. The van der Waals surface area contributed by atoms with Crippen LogP contribution in [0.25, 0.3) is 0 Å². The van der Waals surface area contributed by atoms with Gasteiger partial charge in [0.25, 0.3) is 0 Å². The summed E-state index contributed by atoms with van der Waals surface area (Å²) in [5.41, 5.74) is 0.